The van der Waals surface area contributed by atoms with Crippen LogP contribution in [0.2, 0.25) is 0 Å². The fraction of sp³-hybridized carbons (Fsp3) is 0.438. The molecule has 0 spiro atoms. The molecule has 0 aromatic carbocycles. The van der Waals surface area contributed by atoms with E-state index in [1.807, 2.05) is 28.5 Å². The van der Waals surface area contributed by atoms with Crippen molar-refractivity contribution in [3.63, 3.8) is 0 Å². The highest BCUT2D eigenvalue weighted by Crippen LogP contribution is 2.25. The van der Waals surface area contributed by atoms with Gasteiger partial charge in [0.1, 0.15) is 10.7 Å². The van der Waals surface area contributed by atoms with E-state index < -0.39 is 0 Å². The molecule has 3 heterocycles. The van der Waals surface area contributed by atoms with Crippen molar-refractivity contribution >= 4 is 17.2 Å². The topological polar surface area (TPSA) is 46.1 Å². The summed E-state index contributed by atoms with van der Waals surface area (Å²) in [6.07, 6.45) is 6.19. The molecule has 0 bridgehead atoms. The number of hydrogen-bond acceptors (Lipinski definition) is 4. The average molecular weight is 301 g/mol. The molecule has 2 aromatic heterocycles. The summed E-state index contributed by atoms with van der Waals surface area (Å²) < 4.78 is 0. The monoisotopic (exact) mass is 301 g/mol. The fourth-order valence-electron chi connectivity index (χ4n) is 2.82. The Morgan fingerprint density at radius 3 is 3.10 bits per heavy atom. The molecule has 0 aliphatic carbocycles. The maximum absolute atomic E-state index is 12.7. The first-order valence-electron chi connectivity index (χ1n) is 7.47. The lowest BCUT2D eigenvalue weighted by atomic mass is 10.00. The van der Waals surface area contributed by atoms with E-state index in [0.717, 1.165) is 36.5 Å². The fourth-order valence-corrected chi connectivity index (χ4v) is 3.59. The predicted octanol–water partition coefficient (Wildman–Crippen LogP) is 3.61. The van der Waals surface area contributed by atoms with E-state index in [9.17, 15) is 4.79 Å². The van der Waals surface area contributed by atoms with Gasteiger partial charge in [0.2, 0.25) is 0 Å². The van der Waals surface area contributed by atoms with Gasteiger partial charge in [0, 0.05) is 24.2 Å². The van der Waals surface area contributed by atoms with Gasteiger partial charge in [0.25, 0.3) is 5.91 Å². The molecule has 1 amide bonds. The average Bonchev–Trinajstić information content (AvgIpc) is 3.05. The molecule has 1 aliphatic rings. The standard InChI is InChI=1S/C16H19N3OS/c1-2-12-7-4-6-10-19(12)16(20)14-11-21-15(18-14)13-8-3-5-9-17-13/h3,5,8-9,11-12H,2,4,6-7,10H2,1H3. The third-order valence-electron chi connectivity index (χ3n) is 3.97. The van der Waals surface area contributed by atoms with E-state index in [0.29, 0.717) is 11.7 Å². The van der Waals surface area contributed by atoms with Crippen molar-refractivity contribution in [2.75, 3.05) is 6.54 Å². The third kappa shape index (κ3) is 2.97. The first-order chi connectivity index (χ1) is 10.3. The van der Waals surface area contributed by atoms with Crippen molar-refractivity contribution in [3.8, 4) is 10.7 Å². The normalized spacial score (nSPS) is 18.7. The number of likely N-dealkylation sites (tertiary alicyclic amines) is 1. The number of piperidine rings is 1. The van der Waals surface area contributed by atoms with Crippen LogP contribution in [0.25, 0.3) is 10.7 Å². The Labute approximate surface area is 128 Å². The Kier molecular flexibility index (Phi) is 4.29. The largest absolute Gasteiger partial charge is 0.334 e. The van der Waals surface area contributed by atoms with E-state index in [4.69, 9.17) is 0 Å². The van der Waals surface area contributed by atoms with Crippen LogP contribution in [-0.4, -0.2) is 33.4 Å². The van der Waals surface area contributed by atoms with Crippen LogP contribution in [0, 0.1) is 0 Å². The SMILES string of the molecule is CCC1CCCCN1C(=O)c1csc(-c2ccccn2)n1. The predicted molar refractivity (Wildman–Crippen MR) is 84.3 cm³/mol. The minimum absolute atomic E-state index is 0.0694. The van der Waals surface area contributed by atoms with E-state index >= 15 is 0 Å². The highest BCUT2D eigenvalue weighted by molar-refractivity contribution is 7.13. The first-order valence-corrected chi connectivity index (χ1v) is 8.35. The van der Waals surface area contributed by atoms with Crippen LogP contribution in [0.3, 0.4) is 0 Å². The summed E-state index contributed by atoms with van der Waals surface area (Å²) in [4.78, 5) is 23.4. The number of hydrogen-bond donors (Lipinski definition) is 0. The molecule has 110 valence electrons. The lowest BCUT2D eigenvalue weighted by Gasteiger charge is -2.34. The van der Waals surface area contributed by atoms with Gasteiger partial charge in [0.05, 0.1) is 5.69 Å². The molecule has 0 radical (unpaired) electrons. The van der Waals surface area contributed by atoms with Crippen LogP contribution in [-0.2, 0) is 0 Å². The zero-order chi connectivity index (χ0) is 14.7. The summed E-state index contributed by atoms with van der Waals surface area (Å²) in [6, 6.07) is 6.10. The molecule has 1 atom stereocenters. The number of thiazole rings is 1. The molecule has 2 aromatic rings. The molecule has 4 nitrogen and oxygen atoms in total. The Morgan fingerprint density at radius 1 is 1.43 bits per heavy atom. The molecule has 1 unspecified atom stereocenters. The maximum Gasteiger partial charge on any atom is 0.273 e. The van der Waals surface area contributed by atoms with Crippen LogP contribution in [0.15, 0.2) is 29.8 Å². The van der Waals surface area contributed by atoms with Crippen LogP contribution >= 0.6 is 11.3 Å². The van der Waals surface area contributed by atoms with E-state index in [2.05, 4.69) is 16.9 Å². The highest BCUT2D eigenvalue weighted by atomic mass is 32.1. The van der Waals surface area contributed by atoms with E-state index in [1.165, 1.54) is 17.8 Å². The molecule has 5 heteroatoms. The molecular formula is C16H19N3OS. The quantitative estimate of drug-likeness (QED) is 0.870. The summed E-state index contributed by atoms with van der Waals surface area (Å²) in [5.41, 5.74) is 1.38. The van der Waals surface area contributed by atoms with Crippen molar-refractivity contribution < 1.29 is 4.79 Å². The number of amides is 1. The van der Waals surface area contributed by atoms with Gasteiger partial charge in [-0.25, -0.2) is 4.98 Å². The van der Waals surface area contributed by atoms with Crippen LogP contribution in [0.5, 0.6) is 0 Å². The number of carbonyl (C=O) groups is 1. The van der Waals surface area contributed by atoms with E-state index in [-0.39, 0.29) is 5.91 Å². The van der Waals surface area contributed by atoms with Gasteiger partial charge >= 0.3 is 0 Å². The van der Waals surface area contributed by atoms with Crippen LogP contribution in [0.4, 0.5) is 0 Å². The van der Waals surface area contributed by atoms with Gasteiger partial charge < -0.3 is 4.90 Å². The number of aromatic nitrogens is 2. The molecule has 1 fully saturated rings. The second kappa shape index (κ2) is 6.35. The van der Waals surface area contributed by atoms with Crippen molar-refractivity contribution in [2.24, 2.45) is 0 Å². The van der Waals surface area contributed by atoms with Crippen molar-refractivity contribution in [2.45, 2.75) is 38.6 Å². The van der Waals surface area contributed by atoms with Gasteiger partial charge in [-0.05, 0) is 37.8 Å². The first kappa shape index (κ1) is 14.2. The lowest BCUT2D eigenvalue weighted by molar-refractivity contribution is 0.0603. The molecule has 1 aliphatic heterocycles. The Morgan fingerprint density at radius 2 is 2.33 bits per heavy atom. The number of pyridine rings is 1. The number of carbonyl (C=O) groups excluding carboxylic acids is 1. The highest BCUT2D eigenvalue weighted by Gasteiger charge is 2.27. The Hall–Kier alpha value is -1.75. The van der Waals surface area contributed by atoms with Gasteiger partial charge in [-0.2, -0.15) is 0 Å². The summed E-state index contributed by atoms with van der Waals surface area (Å²) in [6.45, 7) is 3.00. The zero-order valence-electron chi connectivity index (χ0n) is 12.2. The molecule has 0 N–H and O–H groups in total. The van der Waals surface area contributed by atoms with Crippen molar-refractivity contribution in [1.82, 2.24) is 14.9 Å². The van der Waals surface area contributed by atoms with Gasteiger partial charge in [-0.15, -0.1) is 11.3 Å². The summed E-state index contributed by atoms with van der Waals surface area (Å²) >= 11 is 1.48. The molecular weight excluding hydrogens is 282 g/mol. The van der Waals surface area contributed by atoms with Gasteiger partial charge in [0.15, 0.2) is 0 Å². The summed E-state index contributed by atoms with van der Waals surface area (Å²) in [5, 5.41) is 2.66. The number of nitrogens with zero attached hydrogens (tertiary/aromatic N) is 3. The summed E-state index contributed by atoms with van der Waals surface area (Å²) in [5.74, 6) is 0.0694. The molecule has 3 rings (SSSR count). The van der Waals surface area contributed by atoms with Gasteiger partial charge in [-0.1, -0.05) is 13.0 Å². The molecule has 21 heavy (non-hydrogen) atoms. The second-order valence-electron chi connectivity index (χ2n) is 5.31. The Balaban J connectivity index is 1.81. The molecule has 1 saturated heterocycles. The van der Waals surface area contributed by atoms with Crippen LogP contribution in [0.1, 0.15) is 43.1 Å². The third-order valence-corrected chi connectivity index (χ3v) is 4.83. The van der Waals surface area contributed by atoms with Gasteiger partial charge in [-0.3, -0.25) is 9.78 Å². The minimum Gasteiger partial charge on any atom is -0.334 e. The Bertz CT molecular complexity index is 611. The minimum atomic E-state index is 0.0694. The zero-order valence-corrected chi connectivity index (χ0v) is 13.0. The van der Waals surface area contributed by atoms with E-state index in [1.54, 1.807) is 6.20 Å². The molecule has 0 saturated carbocycles. The maximum atomic E-state index is 12.7. The second-order valence-corrected chi connectivity index (χ2v) is 6.17. The van der Waals surface area contributed by atoms with Crippen LogP contribution < -0.4 is 0 Å². The van der Waals surface area contributed by atoms with Crippen molar-refractivity contribution in [3.05, 3.63) is 35.5 Å². The summed E-state index contributed by atoms with van der Waals surface area (Å²) in [7, 11) is 0. The smallest absolute Gasteiger partial charge is 0.273 e. The number of rotatable bonds is 3. The van der Waals surface area contributed by atoms with Crippen molar-refractivity contribution in [1.29, 1.82) is 0 Å². The lowest BCUT2D eigenvalue weighted by Crippen LogP contribution is -2.43.